The van der Waals surface area contributed by atoms with Crippen molar-refractivity contribution < 1.29 is 14.3 Å². The molecule has 5 nitrogen and oxygen atoms in total. The van der Waals surface area contributed by atoms with Crippen LogP contribution in [0.15, 0.2) is 64.2 Å². The fourth-order valence-electron chi connectivity index (χ4n) is 2.75. The van der Waals surface area contributed by atoms with E-state index < -0.39 is 0 Å². The van der Waals surface area contributed by atoms with Crippen LogP contribution in [0.3, 0.4) is 0 Å². The van der Waals surface area contributed by atoms with Crippen LogP contribution in [0.5, 0.6) is 5.75 Å². The molecule has 0 spiro atoms. The van der Waals surface area contributed by atoms with Crippen LogP contribution in [0, 0.1) is 0 Å². The number of ether oxygens (including phenoxy) is 2. The molecule has 0 amide bonds. The van der Waals surface area contributed by atoms with E-state index in [0.29, 0.717) is 5.56 Å². The number of carbonyl (C=O) groups is 1. The van der Waals surface area contributed by atoms with Crippen LogP contribution in [-0.4, -0.2) is 25.9 Å². The minimum absolute atomic E-state index is 0.367. The van der Waals surface area contributed by atoms with Crippen LogP contribution in [0.1, 0.15) is 22.8 Å². The van der Waals surface area contributed by atoms with Gasteiger partial charge in [-0.2, -0.15) is 5.10 Å². The summed E-state index contributed by atoms with van der Waals surface area (Å²) in [6.45, 7) is 1.92. The van der Waals surface area contributed by atoms with Crippen LogP contribution < -0.4 is 10.2 Å². The first-order valence-electron chi connectivity index (χ1n) is 8.29. The lowest BCUT2D eigenvalue weighted by atomic mass is 10.0. The quantitative estimate of drug-likeness (QED) is 0.344. The highest BCUT2D eigenvalue weighted by atomic mass is 79.9. The maximum absolute atomic E-state index is 11.5. The van der Waals surface area contributed by atoms with E-state index in [1.165, 1.54) is 7.11 Å². The second-order valence-corrected chi connectivity index (χ2v) is 6.66. The Balaban J connectivity index is 1.90. The third-order valence-corrected chi connectivity index (χ3v) is 5.06. The molecule has 0 unspecified atom stereocenters. The lowest BCUT2D eigenvalue weighted by molar-refractivity contribution is 0.0601. The zero-order valence-electron chi connectivity index (χ0n) is 15.2. The lowest BCUT2D eigenvalue weighted by Crippen LogP contribution is -2.03. The largest absolute Gasteiger partial charge is 0.496 e. The molecule has 0 aliphatic heterocycles. The number of hydrazone groups is 1. The highest BCUT2D eigenvalue weighted by Crippen LogP contribution is 2.35. The number of benzene rings is 3. The fraction of sp³-hybridized carbons (Fsp3) is 0.143. The van der Waals surface area contributed by atoms with Gasteiger partial charge in [0.15, 0.2) is 0 Å². The summed E-state index contributed by atoms with van der Waals surface area (Å²) in [6, 6.07) is 16.9. The highest BCUT2D eigenvalue weighted by Gasteiger charge is 2.12. The van der Waals surface area contributed by atoms with Crippen molar-refractivity contribution in [3.05, 3.63) is 70.2 Å². The van der Waals surface area contributed by atoms with Gasteiger partial charge >= 0.3 is 5.97 Å². The topological polar surface area (TPSA) is 59.9 Å². The molecule has 1 N–H and O–H groups in total. The number of anilines is 1. The third-order valence-electron chi connectivity index (χ3n) is 4.21. The van der Waals surface area contributed by atoms with Gasteiger partial charge in [0.25, 0.3) is 0 Å². The number of hydrogen-bond donors (Lipinski definition) is 1. The summed E-state index contributed by atoms with van der Waals surface area (Å²) in [6.07, 6.45) is 0. The number of nitrogens with one attached hydrogen (secondary N) is 1. The predicted octanol–water partition coefficient (Wildman–Crippen LogP) is 5.23. The average molecular weight is 427 g/mol. The van der Waals surface area contributed by atoms with E-state index in [0.717, 1.165) is 38.0 Å². The first kappa shape index (κ1) is 18.9. The standard InChI is InChI=1S/C21H19BrN2O3/c1-13(23-24-15-10-8-14(9-11-15)21(25)27-3)18-12-19(26-2)16-6-4-5-7-17(16)20(18)22/h4-12,24H,1-3H3. The number of nitrogens with zero attached hydrogens (tertiary/aromatic N) is 1. The van der Waals surface area contributed by atoms with Gasteiger partial charge < -0.3 is 9.47 Å². The summed E-state index contributed by atoms with van der Waals surface area (Å²) in [4.78, 5) is 11.5. The highest BCUT2D eigenvalue weighted by molar-refractivity contribution is 9.10. The van der Waals surface area contributed by atoms with Gasteiger partial charge in [-0.3, -0.25) is 5.43 Å². The molecule has 0 saturated carbocycles. The molecule has 0 bridgehead atoms. The number of esters is 1. The monoisotopic (exact) mass is 426 g/mol. The van der Waals surface area contributed by atoms with Gasteiger partial charge in [0.05, 0.1) is 31.2 Å². The van der Waals surface area contributed by atoms with Crippen molar-refractivity contribution in [2.75, 3.05) is 19.6 Å². The Kier molecular flexibility index (Phi) is 5.76. The zero-order valence-corrected chi connectivity index (χ0v) is 16.8. The molecule has 0 fully saturated rings. The Hall–Kier alpha value is -2.86. The molecule has 3 rings (SSSR count). The molecule has 0 saturated heterocycles. The van der Waals surface area contributed by atoms with Crippen molar-refractivity contribution in [1.82, 2.24) is 0 Å². The summed E-state index contributed by atoms with van der Waals surface area (Å²) < 4.78 is 11.2. The number of methoxy groups -OCH3 is 2. The van der Waals surface area contributed by atoms with Crippen molar-refractivity contribution in [1.29, 1.82) is 0 Å². The van der Waals surface area contributed by atoms with Crippen LogP contribution in [0.4, 0.5) is 5.69 Å². The van der Waals surface area contributed by atoms with Gasteiger partial charge in [-0.15, -0.1) is 0 Å². The van der Waals surface area contributed by atoms with Crippen LogP contribution >= 0.6 is 15.9 Å². The summed E-state index contributed by atoms with van der Waals surface area (Å²) >= 11 is 3.69. The minimum Gasteiger partial charge on any atom is -0.496 e. The SMILES string of the molecule is COC(=O)c1ccc(NN=C(C)c2cc(OC)c3ccccc3c2Br)cc1. The number of carbonyl (C=O) groups excluding carboxylic acids is 1. The van der Waals surface area contributed by atoms with E-state index in [4.69, 9.17) is 9.47 Å². The van der Waals surface area contributed by atoms with E-state index in [9.17, 15) is 4.79 Å². The van der Waals surface area contributed by atoms with Gasteiger partial charge in [0, 0.05) is 20.8 Å². The van der Waals surface area contributed by atoms with Crippen molar-refractivity contribution in [2.24, 2.45) is 5.10 Å². The molecule has 0 heterocycles. The zero-order chi connectivity index (χ0) is 19.4. The Morgan fingerprint density at radius 1 is 1.04 bits per heavy atom. The molecule has 0 radical (unpaired) electrons. The molecule has 0 aliphatic carbocycles. The maximum Gasteiger partial charge on any atom is 0.337 e. The third kappa shape index (κ3) is 3.95. The Morgan fingerprint density at radius 3 is 2.33 bits per heavy atom. The van der Waals surface area contributed by atoms with E-state index in [1.807, 2.05) is 37.3 Å². The van der Waals surface area contributed by atoms with Gasteiger partial charge in [-0.25, -0.2) is 4.79 Å². The van der Waals surface area contributed by atoms with Gasteiger partial charge in [-0.05, 0) is 53.2 Å². The molecule has 3 aromatic carbocycles. The Bertz CT molecular complexity index is 1010. The number of fused-ring (bicyclic) bond motifs is 1. The fourth-order valence-corrected chi connectivity index (χ4v) is 3.49. The van der Waals surface area contributed by atoms with Crippen molar-refractivity contribution in [2.45, 2.75) is 6.92 Å². The minimum atomic E-state index is -0.367. The normalized spacial score (nSPS) is 11.3. The van der Waals surface area contributed by atoms with Crippen molar-refractivity contribution in [3.63, 3.8) is 0 Å². The molecular formula is C21H19BrN2O3. The Labute approximate surface area is 166 Å². The van der Waals surface area contributed by atoms with Crippen LogP contribution in [-0.2, 0) is 4.74 Å². The average Bonchev–Trinajstić information content (AvgIpc) is 2.72. The first-order valence-corrected chi connectivity index (χ1v) is 9.08. The second-order valence-electron chi connectivity index (χ2n) is 5.86. The number of halogens is 1. The van der Waals surface area contributed by atoms with E-state index in [2.05, 4.69) is 26.5 Å². The number of rotatable bonds is 5. The summed E-state index contributed by atoms with van der Waals surface area (Å²) in [5, 5.41) is 6.56. The summed E-state index contributed by atoms with van der Waals surface area (Å²) in [7, 11) is 3.02. The van der Waals surface area contributed by atoms with E-state index in [1.54, 1.807) is 31.4 Å². The summed E-state index contributed by atoms with van der Waals surface area (Å²) in [5.41, 5.74) is 6.00. The molecule has 138 valence electrons. The van der Waals surface area contributed by atoms with Gasteiger partial charge in [-0.1, -0.05) is 24.3 Å². The lowest BCUT2D eigenvalue weighted by Gasteiger charge is -2.12. The predicted molar refractivity (Wildman–Crippen MR) is 112 cm³/mol. The molecule has 27 heavy (non-hydrogen) atoms. The first-order chi connectivity index (χ1) is 13.0. The number of hydrogen-bond acceptors (Lipinski definition) is 5. The molecule has 0 aromatic heterocycles. The van der Waals surface area contributed by atoms with Gasteiger partial charge in [0.2, 0.25) is 0 Å². The smallest absolute Gasteiger partial charge is 0.337 e. The van der Waals surface area contributed by atoms with Crippen LogP contribution in [0.25, 0.3) is 10.8 Å². The second kappa shape index (κ2) is 8.22. The summed E-state index contributed by atoms with van der Waals surface area (Å²) in [5.74, 6) is 0.425. The van der Waals surface area contributed by atoms with Crippen molar-refractivity contribution in [3.8, 4) is 5.75 Å². The molecule has 0 atom stereocenters. The molecule has 3 aromatic rings. The van der Waals surface area contributed by atoms with Crippen molar-refractivity contribution >= 4 is 44.1 Å². The van der Waals surface area contributed by atoms with E-state index >= 15 is 0 Å². The maximum atomic E-state index is 11.5. The van der Waals surface area contributed by atoms with E-state index in [-0.39, 0.29) is 5.97 Å². The molecule has 0 aliphatic rings. The van der Waals surface area contributed by atoms with Gasteiger partial charge in [0.1, 0.15) is 5.75 Å². The molecule has 6 heteroatoms. The molecular weight excluding hydrogens is 408 g/mol. The van der Waals surface area contributed by atoms with Crippen LogP contribution in [0.2, 0.25) is 0 Å². The Morgan fingerprint density at radius 2 is 1.70 bits per heavy atom.